The molecule has 0 aliphatic rings. The number of carbonyl (C=O) groups is 1. The number of nitrogens with zero attached hydrogens (tertiary/aromatic N) is 2. The van der Waals surface area contributed by atoms with Crippen molar-refractivity contribution < 1.29 is 4.79 Å². The number of rotatable bonds is 5. The molecule has 1 atom stereocenters. The van der Waals surface area contributed by atoms with Crippen molar-refractivity contribution in [3.63, 3.8) is 0 Å². The molecular formula is C19H18N4O. The van der Waals surface area contributed by atoms with Gasteiger partial charge < -0.3 is 10.6 Å². The zero-order valence-corrected chi connectivity index (χ0v) is 13.3. The van der Waals surface area contributed by atoms with E-state index in [9.17, 15) is 4.79 Å². The second-order valence-electron chi connectivity index (χ2n) is 5.37. The summed E-state index contributed by atoms with van der Waals surface area (Å²) in [4.78, 5) is 20.7. The standard InChI is InChI=1S/C19H18N4O/c1-14(15-7-3-2-4-8-15)22-19(24)16-9-5-6-10-17(16)23-18-11-12-20-13-21-18/h2-14H,1H3,(H,22,24)(H,20,21,23). The van der Waals surface area contributed by atoms with Gasteiger partial charge in [0.2, 0.25) is 0 Å². The maximum absolute atomic E-state index is 12.7. The quantitative estimate of drug-likeness (QED) is 0.752. The van der Waals surface area contributed by atoms with Crippen LogP contribution < -0.4 is 10.6 Å². The molecule has 24 heavy (non-hydrogen) atoms. The molecular weight excluding hydrogens is 300 g/mol. The first-order valence-corrected chi connectivity index (χ1v) is 7.72. The molecule has 1 amide bonds. The molecule has 2 N–H and O–H groups in total. The number of aromatic nitrogens is 2. The smallest absolute Gasteiger partial charge is 0.253 e. The van der Waals surface area contributed by atoms with Crippen LogP contribution in [0.25, 0.3) is 0 Å². The molecule has 5 heteroatoms. The van der Waals surface area contributed by atoms with E-state index in [1.54, 1.807) is 18.3 Å². The Balaban J connectivity index is 1.78. The van der Waals surface area contributed by atoms with Gasteiger partial charge in [-0.2, -0.15) is 0 Å². The van der Waals surface area contributed by atoms with Crippen molar-refractivity contribution in [1.82, 2.24) is 15.3 Å². The molecule has 5 nitrogen and oxygen atoms in total. The molecule has 1 heterocycles. The van der Waals surface area contributed by atoms with Crippen molar-refractivity contribution in [2.24, 2.45) is 0 Å². The number of amides is 1. The van der Waals surface area contributed by atoms with Gasteiger partial charge in [0.25, 0.3) is 5.91 Å². The van der Waals surface area contributed by atoms with E-state index in [1.165, 1.54) is 6.33 Å². The lowest BCUT2D eigenvalue weighted by atomic mass is 10.1. The van der Waals surface area contributed by atoms with Crippen LogP contribution >= 0.6 is 0 Å². The topological polar surface area (TPSA) is 66.9 Å². The van der Waals surface area contributed by atoms with E-state index in [0.29, 0.717) is 17.1 Å². The number of nitrogens with one attached hydrogen (secondary N) is 2. The summed E-state index contributed by atoms with van der Waals surface area (Å²) in [5.74, 6) is 0.505. The molecule has 0 saturated heterocycles. The number of para-hydroxylation sites is 1. The van der Waals surface area contributed by atoms with Gasteiger partial charge >= 0.3 is 0 Å². The molecule has 0 bridgehead atoms. The van der Waals surface area contributed by atoms with E-state index < -0.39 is 0 Å². The minimum absolute atomic E-state index is 0.0780. The van der Waals surface area contributed by atoms with E-state index in [-0.39, 0.29) is 11.9 Å². The van der Waals surface area contributed by atoms with Crippen LogP contribution in [0.2, 0.25) is 0 Å². The minimum Gasteiger partial charge on any atom is -0.345 e. The monoisotopic (exact) mass is 318 g/mol. The number of benzene rings is 2. The van der Waals surface area contributed by atoms with Crippen molar-refractivity contribution >= 4 is 17.4 Å². The van der Waals surface area contributed by atoms with Gasteiger partial charge in [-0.15, -0.1) is 0 Å². The van der Waals surface area contributed by atoms with Crippen LogP contribution in [0, 0.1) is 0 Å². The fraction of sp³-hybridized carbons (Fsp3) is 0.105. The molecule has 1 aromatic heterocycles. The summed E-state index contributed by atoms with van der Waals surface area (Å²) < 4.78 is 0. The Hall–Kier alpha value is -3.21. The van der Waals surface area contributed by atoms with Crippen LogP contribution in [-0.4, -0.2) is 15.9 Å². The van der Waals surface area contributed by atoms with Gasteiger partial charge in [-0.05, 0) is 30.7 Å². The summed E-state index contributed by atoms with van der Waals surface area (Å²) in [7, 11) is 0. The number of hydrogen-bond donors (Lipinski definition) is 2. The van der Waals surface area contributed by atoms with E-state index >= 15 is 0 Å². The normalized spacial score (nSPS) is 11.5. The van der Waals surface area contributed by atoms with E-state index in [0.717, 1.165) is 5.56 Å². The zero-order valence-electron chi connectivity index (χ0n) is 13.3. The molecule has 0 fully saturated rings. The van der Waals surface area contributed by atoms with Gasteiger partial charge in [0.05, 0.1) is 17.3 Å². The van der Waals surface area contributed by atoms with Gasteiger partial charge in [0.1, 0.15) is 12.1 Å². The van der Waals surface area contributed by atoms with Crippen LogP contribution in [0.15, 0.2) is 73.2 Å². The highest BCUT2D eigenvalue weighted by Crippen LogP contribution is 2.20. The Morgan fingerprint density at radius 2 is 1.75 bits per heavy atom. The molecule has 2 aromatic carbocycles. The first kappa shape index (κ1) is 15.7. The van der Waals surface area contributed by atoms with Crippen molar-refractivity contribution in [3.8, 4) is 0 Å². The van der Waals surface area contributed by atoms with Crippen LogP contribution in [0.3, 0.4) is 0 Å². The van der Waals surface area contributed by atoms with Crippen molar-refractivity contribution in [1.29, 1.82) is 0 Å². The highest BCUT2D eigenvalue weighted by molar-refractivity contribution is 6.00. The molecule has 0 radical (unpaired) electrons. The van der Waals surface area contributed by atoms with Gasteiger partial charge in [0, 0.05) is 6.20 Å². The fourth-order valence-electron chi connectivity index (χ4n) is 2.39. The first-order valence-electron chi connectivity index (χ1n) is 7.72. The molecule has 0 aliphatic heterocycles. The number of carbonyl (C=O) groups excluding carboxylic acids is 1. The Morgan fingerprint density at radius 3 is 2.50 bits per heavy atom. The van der Waals surface area contributed by atoms with Gasteiger partial charge in [-0.3, -0.25) is 4.79 Å². The lowest BCUT2D eigenvalue weighted by Gasteiger charge is -2.16. The third-order valence-corrected chi connectivity index (χ3v) is 3.66. The Kier molecular flexibility index (Phi) is 4.81. The van der Waals surface area contributed by atoms with Crippen LogP contribution in [0.5, 0.6) is 0 Å². The average molecular weight is 318 g/mol. The molecule has 3 rings (SSSR count). The Morgan fingerprint density at radius 1 is 1.00 bits per heavy atom. The second-order valence-corrected chi connectivity index (χ2v) is 5.37. The lowest BCUT2D eigenvalue weighted by molar-refractivity contribution is 0.0940. The van der Waals surface area contributed by atoms with Crippen LogP contribution in [-0.2, 0) is 0 Å². The average Bonchev–Trinajstić information content (AvgIpc) is 2.63. The van der Waals surface area contributed by atoms with E-state index in [1.807, 2.05) is 55.5 Å². The van der Waals surface area contributed by atoms with Gasteiger partial charge in [-0.1, -0.05) is 42.5 Å². The maximum atomic E-state index is 12.7. The molecule has 0 aliphatic carbocycles. The van der Waals surface area contributed by atoms with Crippen molar-refractivity contribution in [2.45, 2.75) is 13.0 Å². The summed E-state index contributed by atoms with van der Waals surface area (Å²) in [6, 6.07) is 18.9. The summed E-state index contributed by atoms with van der Waals surface area (Å²) in [6.45, 7) is 1.97. The number of hydrogen-bond acceptors (Lipinski definition) is 4. The SMILES string of the molecule is CC(NC(=O)c1ccccc1Nc1ccncn1)c1ccccc1. The third kappa shape index (κ3) is 3.76. The van der Waals surface area contributed by atoms with Crippen molar-refractivity contribution in [2.75, 3.05) is 5.32 Å². The summed E-state index contributed by atoms with van der Waals surface area (Å²) in [5.41, 5.74) is 2.33. The first-order chi connectivity index (χ1) is 11.7. The lowest BCUT2D eigenvalue weighted by Crippen LogP contribution is -2.27. The Labute approximate surface area is 140 Å². The minimum atomic E-state index is -0.136. The van der Waals surface area contributed by atoms with E-state index in [2.05, 4.69) is 20.6 Å². The molecule has 3 aromatic rings. The third-order valence-electron chi connectivity index (χ3n) is 3.66. The second kappa shape index (κ2) is 7.37. The molecule has 120 valence electrons. The Bertz CT molecular complexity index is 806. The fourth-order valence-corrected chi connectivity index (χ4v) is 2.39. The highest BCUT2D eigenvalue weighted by Gasteiger charge is 2.14. The van der Waals surface area contributed by atoms with Crippen molar-refractivity contribution in [3.05, 3.63) is 84.3 Å². The van der Waals surface area contributed by atoms with Gasteiger partial charge in [-0.25, -0.2) is 9.97 Å². The zero-order chi connectivity index (χ0) is 16.8. The van der Waals surface area contributed by atoms with Gasteiger partial charge in [0.15, 0.2) is 0 Å². The number of anilines is 2. The summed E-state index contributed by atoms with van der Waals surface area (Å²) >= 11 is 0. The van der Waals surface area contributed by atoms with E-state index in [4.69, 9.17) is 0 Å². The molecule has 0 spiro atoms. The van der Waals surface area contributed by atoms with Crippen LogP contribution in [0.1, 0.15) is 28.9 Å². The molecule has 1 unspecified atom stereocenters. The summed E-state index contributed by atoms with van der Waals surface area (Å²) in [5, 5.41) is 6.18. The maximum Gasteiger partial charge on any atom is 0.253 e. The predicted octanol–water partition coefficient (Wildman–Crippen LogP) is 3.71. The predicted molar refractivity (Wildman–Crippen MR) is 94.1 cm³/mol. The van der Waals surface area contributed by atoms with Crippen LogP contribution in [0.4, 0.5) is 11.5 Å². The summed E-state index contributed by atoms with van der Waals surface area (Å²) in [6.07, 6.45) is 3.11. The largest absolute Gasteiger partial charge is 0.345 e. The molecule has 0 saturated carbocycles. The highest BCUT2D eigenvalue weighted by atomic mass is 16.1.